The molecule has 2 heterocycles. The van der Waals surface area contributed by atoms with Gasteiger partial charge in [0.1, 0.15) is 11.4 Å². The summed E-state index contributed by atoms with van der Waals surface area (Å²) < 4.78 is 6.76. The molecule has 0 radical (unpaired) electrons. The maximum atomic E-state index is 11.8. The SMILES string of the molecule is O=C(Cc1nnc(Cc2nc3cc(-c4ccccc4)ccc3s2)o1)NC1CC1. The van der Waals surface area contributed by atoms with Gasteiger partial charge >= 0.3 is 0 Å². The van der Waals surface area contributed by atoms with E-state index in [0.717, 1.165) is 33.6 Å². The second kappa shape index (κ2) is 7.16. The minimum atomic E-state index is -0.0638. The number of benzene rings is 2. The predicted molar refractivity (Wildman–Crippen MR) is 107 cm³/mol. The van der Waals surface area contributed by atoms with E-state index in [9.17, 15) is 4.79 Å². The summed E-state index contributed by atoms with van der Waals surface area (Å²) in [5.74, 6) is 0.767. The Kier molecular flexibility index (Phi) is 4.37. The summed E-state index contributed by atoms with van der Waals surface area (Å²) in [6, 6.07) is 16.9. The molecule has 0 aliphatic heterocycles. The Morgan fingerprint density at radius 3 is 2.71 bits per heavy atom. The molecule has 1 fully saturated rings. The maximum Gasteiger partial charge on any atom is 0.229 e. The molecule has 140 valence electrons. The van der Waals surface area contributed by atoms with Gasteiger partial charge in [-0.3, -0.25) is 4.79 Å². The van der Waals surface area contributed by atoms with Crippen molar-refractivity contribution < 1.29 is 9.21 Å². The van der Waals surface area contributed by atoms with Gasteiger partial charge in [0, 0.05) is 6.04 Å². The lowest BCUT2D eigenvalue weighted by Gasteiger charge is -2.00. The van der Waals surface area contributed by atoms with E-state index in [1.54, 1.807) is 11.3 Å². The lowest BCUT2D eigenvalue weighted by molar-refractivity contribution is -0.120. The van der Waals surface area contributed by atoms with Gasteiger partial charge in [-0.25, -0.2) is 4.98 Å². The number of thiazole rings is 1. The van der Waals surface area contributed by atoms with Crippen molar-refractivity contribution in [1.82, 2.24) is 20.5 Å². The number of nitrogens with zero attached hydrogens (tertiary/aromatic N) is 3. The highest BCUT2D eigenvalue weighted by Gasteiger charge is 2.24. The summed E-state index contributed by atoms with van der Waals surface area (Å²) in [6.45, 7) is 0. The number of hydrogen-bond donors (Lipinski definition) is 1. The number of rotatable bonds is 6. The van der Waals surface area contributed by atoms with Crippen molar-refractivity contribution in [3.8, 4) is 11.1 Å². The van der Waals surface area contributed by atoms with Crippen molar-refractivity contribution >= 4 is 27.5 Å². The predicted octanol–water partition coefficient (Wildman–Crippen LogP) is 3.76. The van der Waals surface area contributed by atoms with E-state index >= 15 is 0 Å². The lowest BCUT2D eigenvalue weighted by Crippen LogP contribution is -2.27. The van der Waals surface area contributed by atoms with Gasteiger partial charge in [0.2, 0.25) is 17.7 Å². The van der Waals surface area contributed by atoms with Gasteiger partial charge in [-0.1, -0.05) is 36.4 Å². The van der Waals surface area contributed by atoms with Gasteiger partial charge in [-0.15, -0.1) is 21.5 Å². The fourth-order valence-electron chi connectivity index (χ4n) is 3.07. The van der Waals surface area contributed by atoms with E-state index in [2.05, 4.69) is 45.8 Å². The fourth-order valence-corrected chi connectivity index (χ4v) is 4.00. The Bertz CT molecular complexity index is 1130. The molecule has 2 aromatic carbocycles. The van der Waals surface area contributed by atoms with Crippen molar-refractivity contribution in [1.29, 1.82) is 0 Å². The third-order valence-corrected chi connectivity index (χ3v) is 5.64. The quantitative estimate of drug-likeness (QED) is 0.542. The zero-order valence-electron chi connectivity index (χ0n) is 15.1. The standard InChI is InChI=1S/C21H18N4O2S/c26-18(22-15-7-8-15)11-19-24-25-20(27-19)12-21-23-16-10-14(6-9-17(16)28-21)13-4-2-1-3-5-13/h1-6,9-10,15H,7-8,11-12H2,(H,22,26). The molecule has 1 aliphatic carbocycles. The van der Waals surface area contributed by atoms with Gasteiger partial charge in [0.15, 0.2) is 0 Å². The van der Waals surface area contributed by atoms with Gasteiger partial charge in [0.05, 0.1) is 16.6 Å². The van der Waals surface area contributed by atoms with E-state index in [-0.39, 0.29) is 12.3 Å². The molecule has 4 aromatic rings. The first-order chi connectivity index (χ1) is 13.7. The Morgan fingerprint density at radius 1 is 1.07 bits per heavy atom. The number of fused-ring (bicyclic) bond motifs is 1. The molecule has 2 aromatic heterocycles. The molecule has 0 atom stereocenters. The van der Waals surface area contributed by atoms with Gasteiger partial charge < -0.3 is 9.73 Å². The second-order valence-electron chi connectivity index (χ2n) is 6.94. The smallest absolute Gasteiger partial charge is 0.229 e. The van der Waals surface area contributed by atoms with E-state index in [0.29, 0.717) is 24.2 Å². The highest BCUT2D eigenvalue weighted by Crippen LogP contribution is 2.28. The number of carbonyl (C=O) groups is 1. The highest BCUT2D eigenvalue weighted by atomic mass is 32.1. The zero-order chi connectivity index (χ0) is 18.9. The van der Waals surface area contributed by atoms with Crippen LogP contribution in [0, 0.1) is 0 Å². The average Bonchev–Trinajstić information content (AvgIpc) is 3.25. The number of aromatic nitrogens is 3. The molecule has 28 heavy (non-hydrogen) atoms. The molecule has 1 aliphatic rings. The van der Waals surface area contributed by atoms with Crippen LogP contribution in [0.2, 0.25) is 0 Å². The molecular formula is C21H18N4O2S. The first-order valence-corrected chi connectivity index (χ1v) is 10.1. The summed E-state index contributed by atoms with van der Waals surface area (Å²) in [5, 5.41) is 11.9. The first-order valence-electron chi connectivity index (χ1n) is 9.28. The third-order valence-electron chi connectivity index (χ3n) is 4.60. The molecule has 6 nitrogen and oxygen atoms in total. The van der Waals surface area contributed by atoms with Crippen LogP contribution >= 0.6 is 11.3 Å². The van der Waals surface area contributed by atoms with Crippen LogP contribution in [0.4, 0.5) is 0 Å². The van der Waals surface area contributed by atoms with E-state index in [1.807, 2.05) is 18.2 Å². The van der Waals surface area contributed by atoms with E-state index < -0.39 is 0 Å². The Labute approximate surface area is 165 Å². The molecule has 1 amide bonds. The molecule has 0 bridgehead atoms. The van der Waals surface area contributed by atoms with E-state index in [4.69, 9.17) is 9.40 Å². The molecule has 0 spiro atoms. The lowest BCUT2D eigenvalue weighted by atomic mass is 10.1. The van der Waals surface area contributed by atoms with Crippen LogP contribution in [0.3, 0.4) is 0 Å². The average molecular weight is 390 g/mol. The number of hydrogen-bond acceptors (Lipinski definition) is 6. The summed E-state index contributed by atoms with van der Waals surface area (Å²) in [7, 11) is 0. The summed E-state index contributed by atoms with van der Waals surface area (Å²) in [5.41, 5.74) is 3.28. The molecule has 0 saturated heterocycles. The van der Waals surface area contributed by atoms with Crippen LogP contribution in [0.5, 0.6) is 0 Å². The summed E-state index contributed by atoms with van der Waals surface area (Å²) in [6.07, 6.45) is 2.72. The van der Waals surface area contributed by atoms with Crippen molar-refractivity contribution in [3.63, 3.8) is 0 Å². The monoisotopic (exact) mass is 390 g/mol. The fraction of sp³-hybridized carbons (Fsp3) is 0.238. The molecule has 7 heteroatoms. The minimum absolute atomic E-state index is 0.0638. The topological polar surface area (TPSA) is 80.9 Å². The highest BCUT2D eigenvalue weighted by molar-refractivity contribution is 7.18. The van der Waals surface area contributed by atoms with Crippen LogP contribution in [0.25, 0.3) is 21.3 Å². The van der Waals surface area contributed by atoms with Crippen LogP contribution in [0.1, 0.15) is 29.6 Å². The van der Waals surface area contributed by atoms with Crippen LogP contribution in [0.15, 0.2) is 52.9 Å². The normalized spacial score (nSPS) is 13.7. The van der Waals surface area contributed by atoms with Gasteiger partial charge in [-0.05, 0) is 36.1 Å². The Hall–Kier alpha value is -3.06. The molecular weight excluding hydrogens is 372 g/mol. The van der Waals surface area contributed by atoms with Crippen molar-refractivity contribution in [2.75, 3.05) is 0 Å². The largest absolute Gasteiger partial charge is 0.424 e. The molecule has 1 saturated carbocycles. The first kappa shape index (κ1) is 17.1. The Balaban J connectivity index is 1.30. The van der Waals surface area contributed by atoms with Crippen LogP contribution in [-0.4, -0.2) is 27.1 Å². The number of nitrogens with one attached hydrogen (secondary N) is 1. The third kappa shape index (κ3) is 3.80. The van der Waals surface area contributed by atoms with Crippen LogP contribution in [-0.2, 0) is 17.6 Å². The van der Waals surface area contributed by atoms with E-state index in [1.165, 1.54) is 5.56 Å². The maximum absolute atomic E-state index is 11.8. The Morgan fingerprint density at radius 2 is 1.89 bits per heavy atom. The van der Waals surface area contributed by atoms with Crippen LogP contribution < -0.4 is 5.32 Å². The van der Waals surface area contributed by atoms with Crippen molar-refractivity contribution in [2.45, 2.75) is 31.7 Å². The molecule has 1 N–H and O–H groups in total. The zero-order valence-corrected chi connectivity index (χ0v) is 15.9. The second-order valence-corrected chi connectivity index (χ2v) is 8.06. The van der Waals surface area contributed by atoms with Crippen molar-refractivity contribution in [3.05, 3.63) is 65.3 Å². The molecule has 5 rings (SSSR count). The number of amides is 1. The van der Waals surface area contributed by atoms with Gasteiger partial charge in [0.25, 0.3) is 0 Å². The van der Waals surface area contributed by atoms with Gasteiger partial charge in [-0.2, -0.15) is 0 Å². The summed E-state index contributed by atoms with van der Waals surface area (Å²) >= 11 is 1.62. The number of carbonyl (C=O) groups excluding carboxylic acids is 1. The molecule has 0 unspecified atom stereocenters. The summed E-state index contributed by atoms with van der Waals surface area (Å²) in [4.78, 5) is 16.6. The van der Waals surface area contributed by atoms with Crippen molar-refractivity contribution in [2.24, 2.45) is 0 Å². The minimum Gasteiger partial charge on any atom is -0.424 e.